The highest BCUT2D eigenvalue weighted by Gasteiger charge is 2.16. The topological polar surface area (TPSA) is 30.7 Å². The minimum Gasteiger partial charge on any atom is -0.270 e. The maximum Gasteiger partial charge on any atom is 0.196 e. The van der Waals surface area contributed by atoms with Gasteiger partial charge in [-0.2, -0.15) is 0 Å². The van der Waals surface area contributed by atoms with Crippen LogP contribution in [0.1, 0.15) is 11.1 Å². The molecule has 0 radical (unpaired) electrons. The van der Waals surface area contributed by atoms with Crippen molar-refractivity contribution in [2.75, 3.05) is 0 Å². The quantitative estimate of drug-likeness (QED) is 0.421. The Morgan fingerprint density at radius 3 is 2.41 bits per heavy atom. The van der Waals surface area contributed by atoms with Crippen molar-refractivity contribution in [1.29, 1.82) is 0 Å². The van der Waals surface area contributed by atoms with Crippen LogP contribution in [0, 0.1) is 12.7 Å². The summed E-state index contributed by atoms with van der Waals surface area (Å²) in [5, 5.41) is 9.63. The lowest BCUT2D eigenvalue weighted by Gasteiger charge is -2.11. The summed E-state index contributed by atoms with van der Waals surface area (Å²) in [4.78, 5) is 0. The third-order valence-electron chi connectivity index (χ3n) is 4.21. The van der Waals surface area contributed by atoms with Crippen LogP contribution in [0.2, 0.25) is 0 Å². The molecule has 4 rings (SSSR count). The number of hydrogen-bond donors (Lipinski definition) is 0. The van der Waals surface area contributed by atoms with Gasteiger partial charge in [-0.1, -0.05) is 54.2 Å². The lowest BCUT2D eigenvalue weighted by molar-refractivity contribution is 0.628. The van der Waals surface area contributed by atoms with Crippen molar-refractivity contribution in [3.8, 4) is 17.1 Å². The summed E-state index contributed by atoms with van der Waals surface area (Å²) < 4.78 is 15.4. The molecule has 5 heteroatoms. The number of hydrogen-bond acceptors (Lipinski definition) is 3. The van der Waals surface area contributed by atoms with Crippen LogP contribution in [-0.4, -0.2) is 14.8 Å². The van der Waals surface area contributed by atoms with Crippen LogP contribution in [0.4, 0.5) is 4.39 Å². The lowest BCUT2D eigenvalue weighted by atomic mass is 10.2. The molecule has 0 aliphatic carbocycles. The van der Waals surface area contributed by atoms with E-state index in [-0.39, 0.29) is 5.82 Å². The highest BCUT2D eigenvalue weighted by Crippen LogP contribution is 2.30. The van der Waals surface area contributed by atoms with Crippen molar-refractivity contribution in [1.82, 2.24) is 14.8 Å². The summed E-state index contributed by atoms with van der Waals surface area (Å²) in [6.07, 6.45) is 0. The average Bonchev–Trinajstić information content (AvgIpc) is 3.12. The van der Waals surface area contributed by atoms with Crippen molar-refractivity contribution < 1.29 is 4.39 Å². The molecule has 0 N–H and O–H groups in total. The number of benzene rings is 3. The number of rotatable bonds is 5. The predicted octanol–water partition coefficient (Wildman–Crippen LogP) is 5.67. The highest BCUT2D eigenvalue weighted by atomic mass is 32.2. The molecule has 0 aliphatic heterocycles. The van der Waals surface area contributed by atoms with Crippen molar-refractivity contribution in [3.63, 3.8) is 0 Å². The molecule has 0 saturated heterocycles. The van der Waals surface area contributed by atoms with E-state index in [1.165, 1.54) is 17.7 Å². The highest BCUT2D eigenvalue weighted by molar-refractivity contribution is 7.98. The number of halogens is 1. The molecule has 27 heavy (non-hydrogen) atoms. The van der Waals surface area contributed by atoms with E-state index in [4.69, 9.17) is 0 Å². The second-order valence-electron chi connectivity index (χ2n) is 6.26. The normalized spacial score (nSPS) is 10.9. The third kappa shape index (κ3) is 3.93. The molecule has 0 bridgehead atoms. The summed E-state index contributed by atoms with van der Waals surface area (Å²) in [6.45, 7) is 2.06. The Labute approximate surface area is 161 Å². The van der Waals surface area contributed by atoms with Crippen LogP contribution in [0.5, 0.6) is 0 Å². The van der Waals surface area contributed by atoms with E-state index in [2.05, 4.69) is 41.4 Å². The molecular formula is C22H18FN3S. The number of aromatic nitrogens is 3. The van der Waals surface area contributed by atoms with Gasteiger partial charge < -0.3 is 0 Å². The summed E-state index contributed by atoms with van der Waals surface area (Å²) in [5.74, 6) is 1.24. The van der Waals surface area contributed by atoms with Gasteiger partial charge >= 0.3 is 0 Å². The van der Waals surface area contributed by atoms with E-state index in [9.17, 15) is 4.39 Å². The lowest BCUT2D eigenvalue weighted by Crippen LogP contribution is -2.00. The minimum absolute atomic E-state index is 0.265. The van der Waals surface area contributed by atoms with Crippen LogP contribution in [0.25, 0.3) is 17.1 Å². The molecule has 3 nitrogen and oxygen atoms in total. The molecule has 0 spiro atoms. The molecule has 0 fully saturated rings. The summed E-state index contributed by atoms with van der Waals surface area (Å²) in [5.41, 5.74) is 4.21. The molecular weight excluding hydrogens is 357 g/mol. The van der Waals surface area contributed by atoms with E-state index >= 15 is 0 Å². The van der Waals surface area contributed by atoms with E-state index in [1.54, 1.807) is 23.9 Å². The molecule has 0 amide bonds. The standard InChI is InChI=1S/C22H18FN3S/c1-16-6-5-9-20(14-16)26-21(18-10-12-19(23)13-11-18)24-25-22(26)27-15-17-7-3-2-4-8-17/h2-14H,15H2,1H3. The Hall–Kier alpha value is -2.92. The summed E-state index contributed by atoms with van der Waals surface area (Å²) in [6, 6.07) is 24.8. The van der Waals surface area contributed by atoms with Crippen molar-refractivity contribution in [3.05, 3.63) is 95.8 Å². The molecule has 0 saturated carbocycles. The molecule has 3 aromatic carbocycles. The Balaban J connectivity index is 1.76. The van der Waals surface area contributed by atoms with Crippen molar-refractivity contribution in [2.24, 2.45) is 0 Å². The van der Waals surface area contributed by atoms with Gasteiger partial charge in [0.2, 0.25) is 0 Å². The van der Waals surface area contributed by atoms with Gasteiger partial charge in [-0.05, 0) is 54.4 Å². The fourth-order valence-corrected chi connectivity index (χ4v) is 3.78. The van der Waals surface area contributed by atoms with Gasteiger partial charge in [0.25, 0.3) is 0 Å². The second-order valence-corrected chi connectivity index (χ2v) is 7.20. The number of nitrogens with zero attached hydrogens (tertiary/aromatic N) is 3. The largest absolute Gasteiger partial charge is 0.270 e. The zero-order valence-electron chi connectivity index (χ0n) is 14.8. The van der Waals surface area contributed by atoms with E-state index in [0.717, 1.165) is 27.7 Å². The third-order valence-corrected chi connectivity index (χ3v) is 5.21. The maximum atomic E-state index is 13.3. The van der Waals surface area contributed by atoms with Gasteiger partial charge in [0, 0.05) is 17.0 Å². The molecule has 1 aromatic heterocycles. The van der Waals surface area contributed by atoms with Crippen molar-refractivity contribution >= 4 is 11.8 Å². The Morgan fingerprint density at radius 1 is 0.889 bits per heavy atom. The molecule has 0 aliphatic rings. The zero-order valence-corrected chi connectivity index (χ0v) is 15.7. The van der Waals surface area contributed by atoms with Crippen LogP contribution in [-0.2, 0) is 5.75 Å². The predicted molar refractivity (Wildman–Crippen MR) is 107 cm³/mol. The first kappa shape index (κ1) is 17.5. The molecule has 4 aromatic rings. The van der Waals surface area contributed by atoms with Crippen LogP contribution < -0.4 is 0 Å². The van der Waals surface area contributed by atoms with Crippen LogP contribution in [0.3, 0.4) is 0 Å². The van der Waals surface area contributed by atoms with E-state index in [1.807, 2.05) is 34.9 Å². The smallest absolute Gasteiger partial charge is 0.196 e. The number of thioether (sulfide) groups is 1. The fourth-order valence-electron chi connectivity index (χ4n) is 2.87. The molecule has 134 valence electrons. The maximum absolute atomic E-state index is 13.3. The number of aryl methyl sites for hydroxylation is 1. The van der Waals surface area contributed by atoms with Crippen LogP contribution in [0.15, 0.2) is 84.0 Å². The first-order valence-corrected chi connectivity index (χ1v) is 9.64. The van der Waals surface area contributed by atoms with Crippen molar-refractivity contribution in [2.45, 2.75) is 17.8 Å². The van der Waals surface area contributed by atoms with E-state index in [0.29, 0.717) is 5.82 Å². The first-order valence-electron chi connectivity index (χ1n) is 8.66. The summed E-state index contributed by atoms with van der Waals surface area (Å²) in [7, 11) is 0. The van der Waals surface area contributed by atoms with Gasteiger partial charge in [0.1, 0.15) is 5.82 Å². The van der Waals surface area contributed by atoms with Gasteiger partial charge in [-0.3, -0.25) is 4.57 Å². The van der Waals surface area contributed by atoms with Gasteiger partial charge in [-0.25, -0.2) is 4.39 Å². The molecule has 0 atom stereocenters. The SMILES string of the molecule is Cc1cccc(-n2c(SCc3ccccc3)nnc2-c2ccc(F)cc2)c1. The van der Waals surface area contributed by atoms with Gasteiger partial charge in [-0.15, -0.1) is 10.2 Å². The average molecular weight is 375 g/mol. The molecule has 1 heterocycles. The first-order chi connectivity index (χ1) is 13.2. The minimum atomic E-state index is -0.265. The molecule has 0 unspecified atom stereocenters. The van der Waals surface area contributed by atoms with Gasteiger partial charge in [0.05, 0.1) is 0 Å². The summed E-state index contributed by atoms with van der Waals surface area (Å²) >= 11 is 1.63. The Bertz CT molecular complexity index is 1040. The van der Waals surface area contributed by atoms with Gasteiger partial charge in [0.15, 0.2) is 11.0 Å². The fraction of sp³-hybridized carbons (Fsp3) is 0.0909. The Morgan fingerprint density at radius 2 is 1.67 bits per heavy atom. The Kier molecular flexibility index (Phi) is 5.03. The van der Waals surface area contributed by atoms with Crippen LogP contribution >= 0.6 is 11.8 Å². The van der Waals surface area contributed by atoms with E-state index < -0.39 is 0 Å². The monoisotopic (exact) mass is 375 g/mol. The second kappa shape index (κ2) is 7.76. The zero-order chi connectivity index (χ0) is 18.6.